The Labute approximate surface area is 73.9 Å². The summed E-state index contributed by atoms with van der Waals surface area (Å²) in [5.41, 5.74) is 0. The predicted molar refractivity (Wildman–Crippen MR) is 49.7 cm³/mol. The van der Waals surface area contributed by atoms with Gasteiger partial charge in [0.2, 0.25) is 0 Å². The molecule has 0 aliphatic rings. The highest BCUT2D eigenvalue weighted by molar-refractivity contribution is 7.78. The fourth-order valence-electron chi connectivity index (χ4n) is 0.634. The van der Waals surface area contributed by atoms with Crippen molar-refractivity contribution in [2.75, 3.05) is 20.6 Å². The van der Waals surface area contributed by atoms with Crippen LogP contribution in [-0.4, -0.2) is 35.9 Å². The van der Waals surface area contributed by atoms with Crippen LogP contribution in [0.3, 0.4) is 0 Å². The van der Waals surface area contributed by atoms with E-state index in [1.807, 2.05) is 0 Å². The van der Waals surface area contributed by atoms with Crippen LogP contribution < -0.4 is 0 Å². The number of rotatable bonds is 3. The Hall–Kier alpha value is -0.380. The average Bonchev–Trinajstić information content (AvgIpc) is 1.98. The highest BCUT2D eigenvalue weighted by atomic mass is 32.1. The van der Waals surface area contributed by atoms with Crippen molar-refractivity contribution in [3.8, 4) is 0 Å². The molecular formula is C7H16N2OS. The molecule has 66 valence electrons. The van der Waals surface area contributed by atoms with E-state index in [1.54, 1.807) is 14.1 Å². The molecule has 0 aliphatic heterocycles. The summed E-state index contributed by atoms with van der Waals surface area (Å²) in [6.07, 6.45) is 2.08. The van der Waals surface area contributed by atoms with Gasteiger partial charge in [-0.1, -0.05) is 26.2 Å². The number of thiol groups is 1. The first-order chi connectivity index (χ1) is 5.09. The van der Waals surface area contributed by atoms with Gasteiger partial charge in [0.15, 0.2) is 0 Å². The molecule has 0 radical (unpaired) electrons. The van der Waals surface area contributed by atoms with E-state index >= 15 is 0 Å². The monoisotopic (exact) mass is 176 g/mol. The maximum Gasteiger partial charge on any atom is 0.329 e. The lowest BCUT2D eigenvalue weighted by Crippen LogP contribution is -2.33. The predicted octanol–water partition coefficient (Wildman–Crippen LogP) is 1.61. The van der Waals surface area contributed by atoms with Gasteiger partial charge >= 0.3 is 6.03 Å². The van der Waals surface area contributed by atoms with Gasteiger partial charge in [0, 0.05) is 20.6 Å². The van der Waals surface area contributed by atoms with Crippen molar-refractivity contribution in [1.82, 2.24) is 9.21 Å². The summed E-state index contributed by atoms with van der Waals surface area (Å²) in [4.78, 5) is 12.6. The minimum atomic E-state index is -0.0539. The summed E-state index contributed by atoms with van der Waals surface area (Å²) in [5.74, 6) is 0. The van der Waals surface area contributed by atoms with Crippen molar-refractivity contribution in [3.63, 3.8) is 0 Å². The number of hydrogen-bond donors (Lipinski definition) is 1. The highest BCUT2D eigenvalue weighted by Gasteiger charge is 2.09. The molecule has 0 atom stereocenters. The zero-order valence-electron chi connectivity index (χ0n) is 7.37. The number of unbranched alkanes of at least 4 members (excludes halogenated alkanes) is 1. The summed E-state index contributed by atoms with van der Waals surface area (Å²) in [6.45, 7) is 2.80. The highest BCUT2D eigenvalue weighted by Crippen LogP contribution is 2.01. The van der Waals surface area contributed by atoms with Crippen LogP contribution in [0.2, 0.25) is 0 Å². The molecule has 3 nitrogen and oxygen atoms in total. The van der Waals surface area contributed by atoms with Crippen LogP contribution in [0.4, 0.5) is 4.79 Å². The minimum Gasteiger partial charge on any atom is -0.330 e. The van der Waals surface area contributed by atoms with Crippen molar-refractivity contribution in [3.05, 3.63) is 0 Å². The Morgan fingerprint density at radius 2 is 2.00 bits per heavy atom. The SMILES string of the molecule is CCCCN(S)C(=O)N(C)C. The summed E-state index contributed by atoms with van der Waals surface area (Å²) in [5, 5.41) is 0. The van der Waals surface area contributed by atoms with Crippen LogP contribution in [0.5, 0.6) is 0 Å². The van der Waals surface area contributed by atoms with Crippen molar-refractivity contribution in [1.29, 1.82) is 0 Å². The molecule has 0 N–H and O–H groups in total. The van der Waals surface area contributed by atoms with Crippen LogP contribution >= 0.6 is 12.8 Å². The normalized spacial score (nSPS) is 9.45. The molecule has 0 fully saturated rings. The first-order valence-electron chi connectivity index (χ1n) is 3.77. The summed E-state index contributed by atoms with van der Waals surface area (Å²) in [7, 11) is 3.44. The van der Waals surface area contributed by atoms with Crippen LogP contribution in [0.15, 0.2) is 0 Å². The standard InChI is InChI=1S/C7H16N2OS/c1-4-5-6-9(11)7(10)8(2)3/h11H,4-6H2,1-3H3. The number of carbonyl (C=O) groups is 1. The summed E-state index contributed by atoms with van der Waals surface area (Å²) >= 11 is 4.04. The molecule has 0 aliphatic carbocycles. The summed E-state index contributed by atoms with van der Waals surface area (Å²) in [6, 6.07) is -0.0539. The van der Waals surface area contributed by atoms with Crippen LogP contribution in [0.25, 0.3) is 0 Å². The molecule has 0 aromatic carbocycles. The van der Waals surface area contributed by atoms with E-state index in [9.17, 15) is 4.79 Å². The molecule has 11 heavy (non-hydrogen) atoms. The third-order valence-corrected chi connectivity index (χ3v) is 1.70. The molecule has 0 aromatic heterocycles. The minimum absolute atomic E-state index is 0.0539. The number of nitrogens with zero attached hydrogens (tertiary/aromatic N) is 2. The van der Waals surface area contributed by atoms with Gasteiger partial charge in [-0.2, -0.15) is 0 Å². The number of amides is 2. The molecule has 0 saturated heterocycles. The van der Waals surface area contributed by atoms with E-state index in [0.29, 0.717) is 0 Å². The van der Waals surface area contributed by atoms with E-state index in [2.05, 4.69) is 19.7 Å². The maximum absolute atomic E-state index is 11.1. The van der Waals surface area contributed by atoms with Gasteiger partial charge in [-0.05, 0) is 6.42 Å². The van der Waals surface area contributed by atoms with Gasteiger partial charge in [-0.25, -0.2) is 4.79 Å². The first kappa shape index (κ1) is 10.6. The van der Waals surface area contributed by atoms with E-state index < -0.39 is 0 Å². The van der Waals surface area contributed by atoms with Gasteiger partial charge in [-0.3, -0.25) is 4.31 Å². The van der Waals surface area contributed by atoms with Gasteiger partial charge < -0.3 is 4.90 Å². The second-order valence-corrected chi connectivity index (χ2v) is 3.14. The Kier molecular flexibility index (Phi) is 5.11. The van der Waals surface area contributed by atoms with Gasteiger partial charge in [-0.15, -0.1) is 0 Å². The zero-order chi connectivity index (χ0) is 8.85. The lowest BCUT2D eigenvalue weighted by atomic mass is 10.3. The third-order valence-electron chi connectivity index (χ3n) is 1.33. The van der Waals surface area contributed by atoms with E-state index in [4.69, 9.17) is 0 Å². The fourth-order valence-corrected chi connectivity index (χ4v) is 0.955. The van der Waals surface area contributed by atoms with Crippen molar-refractivity contribution < 1.29 is 4.79 Å². The smallest absolute Gasteiger partial charge is 0.329 e. The summed E-state index contributed by atoms with van der Waals surface area (Å²) < 4.78 is 1.43. The number of urea groups is 1. The van der Waals surface area contributed by atoms with Gasteiger partial charge in [0.25, 0.3) is 0 Å². The largest absolute Gasteiger partial charge is 0.330 e. The Morgan fingerprint density at radius 1 is 1.45 bits per heavy atom. The quantitative estimate of drug-likeness (QED) is 0.649. The zero-order valence-corrected chi connectivity index (χ0v) is 8.27. The topological polar surface area (TPSA) is 23.6 Å². The van der Waals surface area contributed by atoms with Crippen molar-refractivity contribution in [2.45, 2.75) is 19.8 Å². The van der Waals surface area contributed by atoms with Crippen LogP contribution in [-0.2, 0) is 0 Å². The Bertz CT molecular complexity index is 128. The average molecular weight is 176 g/mol. The Morgan fingerprint density at radius 3 is 2.36 bits per heavy atom. The lowest BCUT2D eigenvalue weighted by Gasteiger charge is -2.19. The molecule has 0 bridgehead atoms. The number of carbonyl (C=O) groups excluding carboxylic acids is 1. The first-order valence-corrected chi connectivity index (χ1v) is 4.17. The van der Waals surface area contributed by atoms with Crippen molar-refractivity contribution in [2.24, 2.45) is 0 Å². The Balaban J connectivity index is 3.64. The molecule has 4 heteroatoms. The van der Waals surface area contributed by atoms with Crippen LogP contribution in [0, 0.1) is 0 Å². The maximum atomic E-state index is 11.1. The second kappa shape index (κ2) is 5.29. The van der Waals surface area contributed by atoms with Crippen molar-refractivity contribution >= 4 is 18.8 Å². The van der Waals surface area contributed by atoms with Crippen LogP contribution in [0.1, 0.15) is 19.8 Å². The molecule has 2 amide bonds. The van der Waals surface area contributed by atoms with E-state index in [-0.39, 0.29) is 6.03 Å². The molecule has 0 heterocycles. The molecule has 0 aromatic rings. The fraction of sp³-hybridized carbons (Fsp3) is 0.857. The lowest BCUT2D eigenvalue weighted by molar-refractivity contribution is 0.200. The molecule has 0 saturated carbocycles. The molecule has 0 unspecified atom stereocenters. The molecule has 0 rings (SSSR count). The van der Waals surface area contributed by atoms with Gasteiger partial charge in [0.1, 0.15) is 0 Å². The molecule has 0 spiro atoms. The molecular weight excluding hydrogens is 160 g/mol. The van der Waals surface area contributed by atoms with E-state index in [1.165, 1.54) is 9.21 Å². The second-order valence-electron chi connectivity index (χ2n) is 2.65. The van der Waals surface area contributed by atoms with E-state index in [0.717, 1.165) is 19.4 Å². The van der Waals surface area contributed by atoms with Gasteiger partial charge in [0.05, 0.1) is 0 Å². The number of hydrogen-bond acceptors (Lipinski definition) is 2. The third kappa shape index (κ3) is 4.14.